The Morgan fingerprint density at radius 3 is 1.88 bits per heavy atom. The first-order valence-electron chi connectivity index (χ1n) is 24.1. The Morgan fingerprint density at radius 1 is 0.657 bits per heavy atom. The van der Waals surface area contributed by atoms with E-state index >= 15 is 0 Å². The van der Waals surface area contributed by atoms with Crippen LogP contribution >= 0.6 is 0 Å². The van der Waals surface area contributed by atoms with Gasteiger partial charge in [0.05, 0.1) is 47.8 Å². The number of hydrogen-bond donors (Lipinski definition) is 2. The van der Waals surface area contributed by atoms with Crippen molar-refractivity contribution in [3.8, 4) is 23.1 Å². The van der Waals surface area contributed by atoms with Gasteiger partial charge in [0.25, 0.3) is 0 Å². The molecule has 0 radical (unpaired) electrons. The van der Waals surface area contributed by atoms with Crippen molar-refractivity contribution in [2.45, 2.75) is 57.3 Å². The molecule has 0 bridgehead atoms. The number of likely N-dealkylation sites (N-methyl/N-ethyl adjacent to an activating group) is 2. The predicted molar refractivity (Wildman–Crippen MR) is 264 cm³/mol. The molecule has 10 rings (SSSR count). The van der Waals surface area contributed by atoms with Crippen molar-refractivity contribution in [1.82, 2.24) is 49.3 Å². The van der Waals surface area contributed by atoms with E-state index in [2.05, 4.69) is 111 Å². The summed E-state index contributed by atoms with van der Waals surface area (Å²) in [5, 5.41) is 0. The van der Waals surface area contributed by atoms with E-state index in [4.69, 9.17) is 9.97 Å². The average Bonchev–Trinajstić information content (AvgIpc) is 4.18. The van der Waals surface area contributed by atoms with Gasteiger partial charge in [-0.15, -0.1) is 0 Å². The van der Waals surface area contributed by atoms with Gasteiger partial charge in [-0.05, 0) is 91.5 Å². The van der Waals surface area contributed by atoms with Gasteiger partial charge in [0.1, 0.15) is 11.6 Å². The van der Waals surface area contributed by atoms with Gasteiger partial charge in [-0.2, -0.15) is 0 Å². The first-order valence-corrected chi connectivity index (χ1v) is 24.1. The summed E-state index contributed by atoms with van der Waals surface area (Å²) in [7, 11) is 4.35. The van der Waals surface area contributed by atoms with Crippen LogP contribution in [0.4, 0.5) is 0 Å². The molecule has 4 saturated heterocycles. The number of fused-ring (bicyclic) bond motifs is 1. The molecule has 2 atom stereocenters. The second-order valence-corrected chi connectivity index (χ2v) is 19.1. The topological polar surface area (TPSA) is 111 Å². The van der Waals surface area contributed by atoms with Crippen LogP contribution < -0.4 is 0 Å². The van der Waals surface area contributed by atoms with Crippen LogP contribution in [-0.2, 0) is 35.5 Å². The van der Waals surface area contributed by atoms with Crippen LogP contribution in [0.3, 0.4) is 0 Å². The molecule has 6 aromatic rings. The van der Waals surface area contributed by atoms with E-state index in [1.165, 1.54) is 11.1 Å². The molecule has 344 valence electrons. The zero-order chi connectivity index (χ0) is 45.9. The summed E-state index contributed by atoms with van der Waals surface area (Å²) in [4.78, 5) is 58.4. The fraction of sp³-hybridized carbons (Fsp3) is 0.382. The van der Waals surface area contributed by atoms with Crippen LogP contribution in [0.2, 0.25) is 0 Å². The Hall–Kier alpha value is -6.36. The molecule has 0 spiro atoms. The van der Waals surface area contributed by atoms with E-state index in [-0.39, 0.29) is 23.9 Å². The molecule has 12 nitrogen and oxygen atoms in total. The van der Waals surface area contributed by atoms with E-state index in [0.29, 0.717) is 25.8 Å². The first kappa shape index (κ1) is 44.5. The molecule has 2 N–H and O–H groups in total. The van der Waals surface area contributed by atoms with E-state index < -0.39 is 0 Å². The fourth-order valence-corrected chi connectivity index (χ4v) is 10.2. The molecule has 2 amide bonds. The molecule has 4 aliphatic heterocycles. The number of carbonyl (C=O) groups excluding carboxylic acids is 2. The second-order valence-electron chi connectivity index (χ2n) is 19.1. The molecule has 4 aliphatic rings. The number of carbonyl (C=O) groups is 2. The van der Waals surface area contributed by atoms with Crippen LogP contribution in [0.5, 0.6) is 0 Å². The summed E-state index contributed by atoms with van der Waals surface area (Å²) in [5.41, 5.74) is 11.2. The van der Waals surface area contributed by atoms with Crippen LogP contribution in [-0.4, -0.2) is 141 Å². The average molecular weight is 895 g/mol. The molecule has 0 saturated carbocycles. The van der Waals surface area contributed by atoms with Crippen molar-refractivity contribution >= 4 is 22.8 Å². The van der Waals surface area contributed by atoms with Gasteiger partial charge >= 0.3 is 0 Å². The Balaban J connectivity index is 0.767. The molecule has 0 unspecified atom stereocenters. The lowest BCUT2D eigenvalue weighted by molar-refractivity contribution is -0.132. The minimum absolute atomic E-state index is 0.0657. The number of aromatic amines is 2. The van der Waals surface area contributed by atoms with Crippen LogP contribution in [0.15, 0.2) is 109 Å². The summed E-state index contributed by atoms with van der Waals surface area (Å²) in [6.45, 7) is 15.7. The van der Waals surface area contributed by atoms with Crippen molar-refractivity contribution in [3.05, 3.63) is 154 Å². The van der Waals surface area contributed by atoms with Gasteiger partial charge in [0, 0.05) is 89.7 Å². The van der Waals surface area contributed by atoms with Gasteiger partial charge in [-0.1, -0.05) is 84.7 Å². The van der Waals surface area contributed by atoms with Crippen LogP contribution in [0.1, 0.15) is 76.4 Å². The number of H-pyrrole nitrogens is 2. The normalized spacial score (nSPS) is 19.9. The SMILES string of the molecule is C=C1C[C@@H](c2nc3ccc(C#Cc4ccc(-c5cnc([C@H]6CCCN6C(=O)Cc6ccccc6CN6CCN(C)CC6)[nH]5)cc4)cc3[nH]2)N(C(=O)Cc2ccccc2CN2CCN(C)CC2)C1. The zero-order valence-corrected chi connectivity index (χ0v) is 39.0. The lowest BCUT2D eigenvalue weighted by Gasteiger charge is -2.32. The highest BCUT2D eigenvalue weighted by Crippen LogP contribution is 2.36. The molecule has 6 heterocycles. The molecule has 0 aliphatic carbocycles. The molecule has 67 heavy (non-hydrogen) atoms. The number of amides is 2. The minimum atomic E-state index is -0.193. The van der Waals surface area contributed by atoms with Crippen LogP contribution in [0.25, 0.3) is 22.3 Å². The van der Waals surface area contributed by atoms with Gasteiger partial charge in [-0.3, -0.25) is 19.4 Å². The summed E-state index contributed by atoms with van der Waals surface area (Å²) in [5.74, 6) is 8.55. The lowest BCUT2D eigenvalue weighted by atomic mass is 10.0. The van der Waals surface area contributed by atoms with E-state index in [9.17, 15) is 9.59 Å². The number of rotatable bonds is 11. The maximum absolute atomic E-state index is 14.0. The highest BCUT2D eigenvalue weighted by atomic mass is 16.2. The van der Waals surface area contributed by atoms with Crippen molar-refractivity contribution in [2.75, 3.05) is 79.5 Å². The third-order valence-corrected chi connectivity index (χ3v) is 14.3. The summed E-state index contributed by atoms with van der Waals surface area (Å²) >= 11 is 0. The summed E-state index contributed by atoms with van der Waals surface area (Å²) in [6, 6.07) is 30.8. The molecular formula is C55H62N10O2. The molecular weight excluding hydrogens is 833 g/mol. The van der Waals surface area contributed by atoms with Gasteiger partial charge in [0.15, 0.2) is 0 Å². The molecule has 2 aromatic heterocycles. The lowest BCUT2D eigenvalue weighted by Crippen LogP contribution is -2.44. The minimum Gasteiger partial charge on any atom is -0.340 e. The van der Waals surface area contributed by atoms with Crippen LogP contribution in [0, 0.1) is 11.8 Å². The summed E-state index contributed by atoms with van der Waals surface area (Å²) in [6.07, 6.45) is 5.17. The molecule has 12 heteroatoms. The largest absolute Gasteiger partial charge is 0.340 e. The van der Waals surface area contributed by atoms with Gasteiger partial charge in [0.2, 0.25) is 11.8 Å². The van der Waals surface area contributed by atoms with E-state index in [1.807, 2.05) is 58.5 Å². The smallest absolute Gasteiger partial charge is 0.227 e. The first-order chi connectivity index (χ1) is 32.7. The van der Waals surface area contributed by atoms with Crippen molar-refractivity contribution in [2.24, 2.45) is 0 Å². The maximum Gasteiger partial charge on any atom is 0.227 e. The summed E-state index contributed by atoms with van der Waals surface area (Å²) < 4.78 is 0. The highest BCUT2D eigenvalue weighted by Gasteiger charge is 2.35. The number of piperazine rings is 2. The number of hydrogen-bond acceptors (Lipinski definition) is 8. The Morgan fingerprint density at radius 2 is 1.24 bits per heavy atom. The second kappa shape index (κ2) is 19.9. The molecule has 4 aromatic carbocycles. The van der Waals surface area contributed by atoms with E-state index in [1.54, 1.807) is 0 Å². The number of nitrogens with one attached hydrogen (secondary N) is 2. The Labute approximate surface area is 394 Å². The van der Waals surface area contributed by atoms with Gasteiger partial charge in [-0.25, -0.2) is 9.97 Å². The number of likely N-dealkylation sites (tertiary alicyclic amines) is 2. The Kier molecular flexibility index (Phi) is 13.2. The quantitative estimate of drug-likeness (QED) is 0.108. The van der Waals surface area contributed by atoms with Crippen molar-refractivity contribution < 1.29 is 9.59 Å². The number of aromatic nitrogens is 4. The number of nitrogens with zero attached hydrogens (tertiary/aromatic N) is 8. The van der Waals surface area contributed by atoms with Gasteiger partial charge < -0.3 is 29.6 Å². The van der Waals surface area contributed by atoms with E-state index in [0.717, 1.165) is 147 Å². The highest BCUT2D eigenvalue weighted by molar-refractivity contribution is 5.82. The Bertz CT molecular complexity index is 2800. The number of imidazole rings is 2. The monoisotopic (exact) mass is 895 g/mol. The maximum atomic E-state index is 14.0. The van der Waals surface area contributed by atoms with Crippen molar-refractivity contribution in [1.29, 1.82) is 0 Å². The molecule has 4 fully saturated rings. The fourth-order valence-electron chi connectivity index (χ4n) is 10.2. The number of benzene rings is 4. The van der Waals surface area contributed by atoms with Crippen molar-refractivity contribution in [3.63, 3.8) is 0 Å². The zero-order valence-electron chi connectivity index (χ0n) is 39.0. The standard InChI is InChI=1S/C55H62N10O2/c1-39-31-51(65(36-39)53(67)34-44-10-5-7-12-46(44)38-63-29-25-61(3)26-30-63)55-57-47-21-18-41(32-48(47)58-55)15-14-40-16-19-42(20-17-40)49-35-56-54(59-49)50-13-8-22-64(50)52(66)33-43-9-4-6-11-45(43)37-62-27-23-60(2)24-28-62/h4-7,9-12,16-21,32,35,50-51H,1,8,13,22-31,33-34,36-38H2,2-3H3,(H,56,59)(H,57,58)/t50-,51+/m1/s1. The third kappa shape index (κ3) is 10.3. The third-order valence-electron chi connectivity index (χ3n) is 14.3. The predicted octanol–water partition coefficient (Wildman–Crippen LogP) is 6.83.